The third-order valence-electron chi connectivity index (χ3n) is 4.93. The normalized spacial score (nSPS) is 11.1. The van der Waals surface area contributed by atoms with Crippen molar-refractivity contribution in [3.63, 3.8) is 0 Å². The quantitative estimate of drug-likeness (QED) is 0.237. The zero-order valence-electron chi connectivity index (χ0n) is 17.8. The molecule has 4 aromatic rings. The lowest BCUT2D eigenvalue weighted by Crippen LogP contribution is -2.23. The lowest BCUT2D eigenvalue weighted by atomic mass is 10.2. The number of azo groups is 1. The zero-order chi connectivity index (χ0) is 23.5. The topological polar surface area (TPSA) is 81.1 Å². The Morgan fingerprint density at radius 1 is 0.909 bits per heavy atom. The van der Waals surface area contributed by atoms with Crippen LogP contribution in [0.3, 0.4) is 0 Å². The van der Waals surface area contributed by atoms with Crippen molar-refractivity contribution in [1.82, 2.24) is 9.13 Å². The van der Waals surface area contributed by atoms with E-state index in [-0.39, 0.29) is 10.5 Å². The Bertz CT molecular complexity index is 1460. The first-order valence-corrected chi connectivity index (χ1v) is 11.1. The average molecular weight is 523 g/mol. The van der Waals surface area contributed by atoms with Gasteiger partial charge in [0.05, 0.1) is 18.5 Å². The Balaban J connectivity index is 2.00. The van der Waals surface area contributed by atoms with E-state index in [1.165, 1.54) is 16.2 Å². The molecule has 0 aliphatic heterocycles. The number of nitrogens with zero attached hydrogens (tertiary/aromatic N) is 4. The monoisotopic (exact) mass is 522 g/mol. The van der Waals surface area contributed by atoms with E-state index in [4.69, 9.17) is 17.0 Å². The van der Waals surface area contributed by atoms with Gasteiger partial charge in [-0.1, -0.05) is 45.8 Å². The van der Waals surface area contributed by atoms with Gasteiger partial charge in [0.2, 0.25) is 11.6 Å². The van der Waals surface area contributed by atoms with Gasteiger partial charge in [0, 0.05) is 4.47 Å². The highest BCUT2D eigenvalue weighted by Crippen LogP contribution is 2.32. The fraction of sp³-hybridized carbons (Fsp3) is 0.0833. The number of rotatable bonds is 5. The Kier molecular flexibility index (Phi) is 6.52. The fourth-order valence-electron chi connectivity index (χ4n) is 3.23. The number of hydrogen-bond acceptors (Lipinski definition) is 6. The van der Waals surface area contributed by atoms with Gasteiger partial charge in [-0.3, -0.25) is 13.9 Å². The van der Waals surface area contributed by atoms with Crippen LogP contribution in [0.1, 0.15) is 5.56 Å². The van der Waals surface area contributed by atoms with Crippen molar-refractivity contribution >= 4 is 39.5 Å². The van der Waals surface area contributed by atoms with Crippen molar-refractivity contribution in [3.05, 3.63) is 98.0 Å². The lowest BCUT2D eigenvalue weighted by Gasteiger charge is -2.16. The molecule has 0 amide bonds. The molecule has 0 unspecified atom stereocenters. The number of halogens is 1. The van der Waals surface area contributed by atoms with E-state index >= 15 is 0 Å². The third kappa shape index (κ3) is 4.50. The Labute approximate surface area is 203 Å². The lowest BCUT2D eigenvalue weighted by molar-refractivity contribution is 0.415. The molecule has 4 rings (SSSR count). The van der Waals surface area contributed by atoms with Crippen LogP contribution < -0.4 is 10.3 Å². The molecular formula is C24H19BrN4O3S. The number of methoxy groups -OCH3 is 1. The molecule has 1 heterocycles. The minimum absolute atomic E-state index is 0.0971. The summed E-state index contributed by atoms with van der Waals surface area (Å²) in [5, 5.41) is 19.4. The van der Waals surface area contributed by atoms with E-state index in [1.54, 1.807) is 48.5 Å². The van der Waals surface area contributed by atoms with Crippen molar-refractivity contribution < 1.29 is 9.84 Å². The second-order valence-corrected chi connectivity index (χ2v) is 8.40. The van der Waals surface area contributed by atoms with Crippen LogP contribution in [-0.4, -0.2) is 21.4 Å². The second-order valence-electron chi connectivity index (χ2n) is 7.11. The predicted molar refractivity (Wildman–Crippen MR) is 133 cm³/mol. The van der Waals surface area contributed by atoms with E-state index in [2.05, 4.69) is 26.2 Å². The molecule has 9 heteroatoms. The molecule has 33 heavy (non-hydrogen) atoms. The van der Waals surface area contributed by atoms with Gasteiger partial charge in [-0.05, 0) is 67.7 Å². The van der Waals surface area contributed by atoms with E-state index in [0.29, 0.717) is 22.8 Å². The highest BCUT2D eigenvalue weighted by molar-refractivity contribution is 9.10. The largest absolute Gasteiger partial charge is 0.494 e. The second kappa shape index (κ2) is 9.51. The molecule has 0 spiro atoms. The summed E-state index contributed by atoms with van der Waals surface area (Å²) in [4.78, 5) is 13.4. The van der Waals surface area contributed by atoms with Gasteiger partial charge in [0.1, 0.15) is 11.4 Å². The van der Waals surface area contributed by atoms with Crippen LogP contribution in [0.15, 0.2) is 92.3 Å². The highest BCUT2D eigenvalue weighted by Gasteiger charge is 2.19. The van der Waals surface area contributed by atoms with Crippen molar-refractivity contribution in [1.29, 1.82) is 0 Å². The summed E-state index contributed by atoms with van der Waals surface area (Å²) in [5.74, 6) is 0.0844. The number of aryl methyl sites for hydroxylation is 1. The van der Waals surface area contributed by atoms with Gasteiger partial charge < -0.3 is 9.84 Å². The summed E-state index contributed by atoms with van der Waals surface area (Å²) in [7, 11) is 1.52. The van der Waals surface area contributed by atoms with Crippen molar-refractivity contribution in [2.45, 2.75) is 6.92 Å². The number of benzene rings is 3. The summed E-state index contributed by atoms with van der Waals surface area (Å²) in [5.41, 5.74) is 1.73. The first kappa shape index (κ1) is 22.6. The molecule has 0 aliphatic rings. The molecule has 0 atom stereocenters. The van der Waals surface area contributed by atoms with Gasteiger partial charge in [0.15, 0.2) is 4.77 Å². The summed E-state index contributed by atoms with van der Waals surface area (Å²) in [6, 6.07) is 21.5. The maximum atomic E-state index is 13.4. The fourth-order valence-corrected chi connectivity index (χ4v) is 3.88. The Morgan fingerprint density at radius 2 is 1.52 bits per heavy atom. The van der Waals surface area contributed by atoms with Crippen molar-refractivity contribution in [2.24, 2.45) is 10.2 Å². The molecule has 0 fully saturated rings. The van der Waals surface area contributed by atoms with Crippen LogP contribution in [-0.2, 0) is 0 Å². The highest BCUT2D eigenvalue weighted by atomic mass is 79.9. The first-order chi connectivity index (χ1) is 15.9. The summed E-state index contributed by atoms with van der Waals surface area (Å²) in [6.07, 6.45) is 0. The van der Waals surface area contributed by atoms with Crippen LogP contribution >= 0.6 is 28.1 Å². The zero-order valence-corrected chi connectivity index (χ0v) is 20.2. The third-order valence-corrected chi connectivity index (χ3v) is 5.83. The number of ether oxygens (including phenoxy) is 1. The molecule has 0 radical (unpaired) electrons. The average Bonchev–Trinajstić information content (AvgIpc) is 2.81. The van der Waals surface area contributed by atoms with Crippen LogP contribution in [0, 0.1) is 11.7 Å². The molecule has 7 nitrogen and oxygen atoms in total. The minimum atomic E-state index is -0.596. The van der Waals surface area contributed by atoms with Crippen LogP contribution in [0.5, 0.6) is 11.6 Å². The van der Waals surface area contributed by atoms with Crippen molar-refractivity contribution in [3.8, 4) is 23.0 Å². The van der Waals surface area contributed by atoms with Crippen LogP contribution in [0.25, 0.3) is 11.4 Å². The van der Waals surface area contributed by atoms with Gasteiger partial charge in [-0.15, -0.1) is 10.2 Å². The number of aromatic nitrogens is 2. The van der Waals surface area contributed by atoms with Gasteiger partial charge in [-0.2, -0.15) is 0 Å². The maximum absolute atomic E-state index is 13.4. The van der Waals surface area contributed by atoms with E-state index in [0.717, 1.165) is 10.0 Å². The van der Waals surface area contributed by atoms with E-state index in [1.807, 2.05) is 31.2 Å². The summed E-state index contributed by atoms with van der Waals surface area (Å²) < 4.78 is 8.96. The summed E-state index contributed by atoms with van der Waals surface area (Å²) >= 11 is 9.03. The Morgan fingerprint density at radius 3 is 2.18 bits per heavy atom. The van der Waals surface area contributed by atoms with Crippen LogP contribution in [0.4, 0.5) is 11.4 Å². The molecule has 166 valence electrons. The van der Waals surface area contributed by atoms with Crippen LogP contribution in [0.2, 0.25) is 0 Å². The summed E-state index contributed by atoms with van der Waals surface area (Å²) in [6.45, 7) is 1.96. The van der Waals surface area contributed by atoms with Gasteiger partial charge in [0.25, 0.3) is 5.56 Å². The Hall–Kier alpha value is -3.56. The van der Waals surface area contributed by atoms with Gasteiger partial charge in [-0.25, -0.2) is 0 Å². The van der Waals surface area contributed by atoms with Gasteiger partial charge >= 0.3 is 0 Å². The molecule has 0 saturated heterocycles. The number of para-hydroxylation sites is 1. The smallest absolute Gasteiger partial charge is 0.290 e. The first-order valence-electron chi connectivity index (χ1n) is 9.89. The maximum Gasteiger partial charge on any atom is 0.290 e. The van der Waals surface area contributed by atoms with Crippen molar-refractivity contribution in [2.75, 3.05) is 7.11 Å². The predicted octanol–water partition coefficient (Wildman–Crippen LogP) is 6.56. The molecule has 1 N–H and O–H groups in total. The molecule has 1 aromatic heterocycles. The molecule has 0 bridgehead atoms. The molecule has 3 aromatic carbocycles. The minimum Gasteiger partial charge on any atom is -0.494 e. The van der Waals surface area contributed by atoms with E-state index in [9.17, 15) is 9.90 Å². The number of hydrogen-bond donors (Lipinski definition) is 1. The molecule has 0 saturated carbocycles. The van der Waals surface area contributed by atoms with E-state index < -0.39 is 11.4 Å². The number of aromatic hydroxyl groups is 1. The standard InChI is InChI=1S/C24H19BrN4O3S/c1-15-7-11-17(12-8-15)28-22(30)21(27-26-19-5-3-4-6-20(19)32-2)23(31)29(24(28)33)18-13-9-16(25)10-14-18/h3-14,30H,1-2H3. The molecule has 0 aliphatic carbocycles. The molecular weight excluding hydrogens is 504 g/mol. The SMILES string of the molecule is COc1ccccc1N=Nc1c(O)n(-c2ccc(C)cc2)c(=S)n(-c2ccc(Br)cc2)c1=O.